The lowest BCUT2D eigenvalue weighted by Crippen LogP contribution is -2.23. The monoisotopic (exact) mass is 393 g/mol. The van der Waals surface area contributed by atoms with Gasteiger partial charge in [-0.1, -0.05) is 18.2 Å². The van der Waals surface area contributed by atoms with E-state index in [-0.39, 0.29) is 5.91 Å². The van der Waals surface area contributed by atoms with E-state index in [2.05, 4.69) is 23.5 Å². The molecular weight excluding hydrogens is 366 g/mol. The van der Waals surface area contributed by atoms with Crippen molar-refractivity contribution in [3.05, 3.63) is 53.6 Å². The van der Waals surface area contributed by atoms with E-state index >= 15 is 0 Å². The number of hydrogen-bond acceptors (Lipinski definition) is 5. The first-order chi connectivity index (χ1) is 14.2. The molecule has 0 spiro atoms. The number of carbonyl (C=O) groups excluding carboxylic acids is 1. The van der Waals surface area contributed by atoms with E-state index in [1.54, 1.807) is 7.11 Å². The Balaban J connectivity index is 1.51. The zero-order valence-corrected chi connectivity index (χ0v) is 16.8. The minimum Gasteiger partial charge on any atom is -0.493 e. The summed E-state index contributed by atoms with van der Waals surface area (Å²) in [5, 5.41) is 12.1. The van der Waals surface area contributed by atoms with Gasteiger partial charge in [0.05, 0.1) is 19.8 Å². The van der Waals surface area contributed by atoms with Crippen LogP contribution in [-0.4, -0.2) is 26.2 Å². The standard InChI is InChI=1S/C23H27N3O3/c1-28-21-11-8-19(15-22(21)29-14-3-2-12-24)17-25-16-18-6-9-20(10-7-18)26-13-4-5-23(26)27/h6-11,15,25H,2-5,13-14,16-17H2,1H3. The minimum atomic E-state index is 0.209. The molecule has 1 aliphatic heterocycles. The van der Waals surface area contributed by atoms with Gasteiger partial charge in [-0.05, 0) is 48.2 Å². The molecule has 152 valence electrons. The topological polar surface area (TPSA) is 74.6 Å². The SMILES string of the molecule is COc1ccc(CNCc2ccc(N3CCCC3=O)cc2)cc1OCCCC#N. The smallest absolute Gasteiger partial charge is 0.227 e. The van der Waals surface area contributed by atoms with Crippen molar-refractivity contribution in [3.63, 3.8) is 0 Å². The number of anilines is 1. The molecule has 2 aromatic carbocycles. The lowest BCUT2D eigenvalue weighted by atomic mass is 10.1. The Kier molecular flexibility index (Phi) is 7.48. The summed E-state index contributed by atoms with van der Waals surface area (Å²) in [4.78, 5) is 13.7. The Labute approximate surface area is 172 Å². The first-order valence-electron chi connectivity index (χ1n) is 9.98. The van der Waals surface area contributed by atoms with Crippen LogP contribution >= 0.6 is 0 Å². The third-order valence-electron chi connectivity index (χ3n) is 4.90. The predicted octanol–water partition coefficient (Wildman–Crippen LogP) is 3.79. The molecule has 0 unspecified atom stereocenters. The predicted molar refractivity (Wildman–Crippen MR) is 112 cm³/mol. The number of carbonyl (C=O) groups is 1. The van der Waals surface area contributed by atoms with Crippen LogP contribution in [0.15, 0.2) is 42.5 Å². The fraction of sp³-hybridized carbons (Fsp3) is 0.391. The third-order valence-corrected chi connectivity index (χ3v) is 4.90. The van der Waals surface area contributed by atoms with Gasteiger partial charge in [0, 0.05) is 38.2 Å². The fourth-order valence-corrected chi connectivity index (χ4v) is 3.34. The molecule has 3 rings (SSSR count). The van der Waals surface area contributed by atoms with Crippen molar-refractivity contribution in [2.45, 2.75) is 38.8 Å². The first-order valence-corrected chi connectivity index (χ1v) is 9.98. The quantitative estimate of drug-likeness (QED) is 0.622. The molecule has 6 nitrogen and oxygen atoms in total. The van der Waals surface area contributed by atoms with E-state index in [1.165, 1.54) is 5.56 Å². The van der Waals surface area contributed by atoms with Crippen LogP contribution in [0, 0.1) is 11.3 Å². The number of nitrogens with one attached hydrogen (secondary N) is 1. The molecule has 0 radical (unpaired) electrons. The van der Waals surface area contributed by atoms with Crippen molar-refractivity contribution in [3.8, 4) is 17.6 Å². The van der Waals surface area contributed by atoms with E-state index in [0.717, 1.165) is 30.8 Å². The molecule has 1 amide bonds. The van der Waals surface area contributed by atoms with Crippen molar-refractivity contribution >= 4 is 11.6 Å². The van der Waals surface area contributed by atoms with Crippen LogP contribution in [0.25, 0.3) is 0 Å². The maximum atomic E-state index is 11.8. The summed E-state index contributed by atoms with van der Waals surface area (Å²) in [5.41, 5.74) is 3.24. The second kappa shape index (κ2) is 10.5. The van der Waals surface area contributed by atoms with Crippen molar-refractivity contribution in [1.82, 2.24) is 5.32 Å². The van der Waals surface area contributed by atoms with Gasteiger partial charge in [0.25, 0.3) is 0 Å². The van der Waals surface area contributed by atoms with Gasteiger partial charge >= 0.3 is 0 Å². The number of methoxy groups -OCH3 is 1. The van der Waals surface area contributed by atoms with E-state index in [4.69, 9.17) is 14.7 Å². The van der Waals surface area contributed by atoms with Crippen molar-refractivity contribution in [1.29, 1.82) is 5.26 Å². The van der Waals surface area contributed by atoms with Crippen LogP contribution in [0.5, 0.6) is 11.5 Å². The average molecular weight is 393 g/mol. The van der Waals surface area contributed by atoms with Crippen LogP contribution in [0.2, 0.25) is 0 Å². The van der Waals surface area contributed by atoms with Gasteiger partial charge in [0.1, 0.15) is 0 Å². The molecule has 0 aliphatic carbocycles. The number of ether oxygens (including phenoxy) is 2. The van der Waals surface area contributed by atoms with Crippen LogP contribution in [0.1, 0.15) is 36.8 Å². The van der Waals surface area contributed by atoms with E-state index in [9.17, 15) is 4.79 Å². The number of nitrogens with zero attached hydrogens (tertiary/aromatic N) is 2. The molecule has 1 fully saturated rings. The van der Waals surface area contributed by atoms with Gasteiger partial charge < -0.3 is 19.7 Å². The van der Waals surface area contributed by atoms with Gasteiger partial charge in [-0.25, -0.2) is 0 Å². The number of unbranched alkanes of at least 4 members (excludes halogenated alkanes) is 1. The van der Waals surface area contributed by atoms with Gasteiger partial charge in [-0.2, -0.15) is 5.26 Å². The Morgan fingerprint density at radius 3 is 2.55 bits per heavy atom. The Morgan fingerprint density at radius 1 is 1.10 bits per heavy atom. The first kappa shape index (κ1) is 20.7. The Bertz CT molecular complexity index is 859. The summed E-state index contributed by atoms with van der Waals surface area (Å²) in [6.45, 7) is 2.74. The Hall–Kier alpha value is -3.04. The number of nitriles is 1. The van der Waals surface area contributed by atoms with E-state index in [0.29, 0.717) is 43.9 Å². The molecular formula is C23H27N3O3. The molecule has 1 N–H and O–H groups in total. The number of amides is 1. The zero-order chi connectivity index (χ0) is 20.5. The average Bonchev–Trinajstić information content (AvgIpc) is 3.18. The van der Waals surface area contributed by atoms with Gasteiger partial charge in [-0.3, -0.25) is 4.79 Å². The molecule has 1 aliphatic rings. The summed E-state index contributed by atoms with van der Waals surface area (Å²) >= 11 is 0. The van der Waals surface area contributed by atoms with Crippen LogP contribution in [-0.2, 0) is 17.9 Å². The largest absolute Gasteiger partial charge is 0.493 e. The number of benzene rings is 2. The molecule has 0 atom stereocenters. The number of hydrogen-bond donors (Lipinski definition) is 1. The van der Waals surface area contributed by atoms with Crippen molar-refractivity contribution < 1.29 is 14.3 Å². The van der Waals surface area contributed by atoms with E-state index < -0.39 is 0 Å². The summed E-state index contributed by atoms with van der Waals surface area (Å²) in [6.07, 6.45) is 2.76. The lowest BCUT2D eigenvalue weighted by Gasteiger charge is -2.16. The second-order valence-corrected chi connectivity index (χ2v) is 7.01. The maximum absolute atomic E-state index is 11.8. The molecule has 0 bridgehead atoms. The van der Waals surface area contributed by atoms with Crippen LogP contribution in [0.4, 0.5) is 5.69 Å². The number of rotatable bonds is 10. The van der Waals surface area contributed by atoms with Gasteiger partial charge in [-0.15, -0.1) is 0 Å². The highest BCUT2D eigenvalue weighted by molar-refractivity contribution is 5.95. The van der Waals surface area contributed by atoms with Crippen molar-refractivity contribution in [2.75, 3.05) is 25.2 Å². The second-order valence-electron chi connectivity index (χ2n) is 7.01. The van der Waals surface area contributed by atoms with Crippen molar-refractivity contribution in [2.24, 2.45) is 0 Å². The van der Waals surface area contributed by atoms with Gasteiger partial charge in [0.15, 0.2) is 11.5 Å². The molecule has 6 heteroatoms. The molecule has 0 saturated carbocycles. The Morgan fingerprint density at radius 2 is 1.86 bits per heavy atom. The molecule has 1 heterocycles. The summed E-state index contributed by atoms with van der Waals surface area (Å²) < 4.78 is 11.1. The zero-order valence-electron chi connectivity index (χ0n) is 16.8. The molecule has 1 saturated heterocycles. The molecule has 0 aromatic heterocycles. The maximum Gasteiger partial charge on any atom is 0.227 e. The lowest BCUT2D eigenvalue weighted by molar-refractivity contribution is -0.117. The summed E-state index contributed by atoms with van der Waals surface area (Å²) in [6, 6.07) is 16.2. The highest BCUT2D eigenvalue weighted by atomic mass is 16.5. The van der Waals surface area contributed by atoms with E-state index in [1.807, 2.05) is 35.2 Å². The molecule has 29 heavy (non-hydrogen) atoms. The normalized spacial score (nSPS) is 13.4. The summed E-state index contributed by atoms with van der Waals surface area (Å²) in [7, 11) is 1.62. The highest BCUT2D eigenvalue weighted by Gasteiger charge is 2.21. The molecule has 2 aromatic rings. The minimum absolute atomic E-state index is 0.209. The highest BCUT2D eigenvalue weighted by Crippen LogP contribution is 2.28. The third kappa shape index (κ3) is 5.72. The fourth-order valence-electron chi connectivity index (χ4n) is 3.34. The van der Waals surface area contributed by atoms with Gasteiger partial charge in [0.2, 0.25) is 5.91 Å². The van der Waals surface area contributed by atoms with Crippen LogP contribution in [0.3, 0.4) is 0 Å². The summed E-state index contributed by atoms with van der Waals surface area (Å²) in [5.74, 6) is 1.60. The van der Waals surface area contributed by atoms with Crippen LogP contribution < -0.4 is 19.7 Å².